The highest BCUT2D eigenvalue weighted by atomic mass is 32.1. The zero-order valence-electron chi connectivity index (χ0n) is 23.1. The lowest BCUT2D eigenvalue weighted by molar-refractivity contribution is -0.144. The van der Waals surface area contributed by atoms with Crippen molar-refractivity contribution in [2.45, 2.75) is 86.0 Å². The molecule has 37 heavy (non-hydrogen) atoms. The van der Waals surface area contributed by atoms with Gasteiger partial charge in [-0.05, 0) is 28.9 Å². The molecule has 0 saturated carbocycles. The maximum Gasteiger partial charge on any atom is 0.246 e. The number of thiazole rings is 1. The molecule has 1 aromatic heterocycles. The highest BCUT2D eigenvalue weighted by molar-refractivity contribution is 7.13. The Morgan fingerprint density at radius 1 is 1.05 bits per heavy atom. The molecule has 1 fully saturated rings. The summed E-state index contributed by atoms with van der Waals surface area (Å²) in [6.07, 6.45) is -0.665. The summed E-state index contributed by atoms with van der Waals surface area (Å²) in [6, 6.07) is 6.15. The minimum atomic E-state index is -0.829. The van der Waals surface area contributed by atoms with Crippen molar-refractivity contribution in [1.82, 2.24) is 20.5 Å². The quantitative estimate of drug-likeness (QED) is 0.528. The molecule has 8 nitrogen and oxygen atoms in total. The molecule has 202 valence electrons. The Morgan fingerprint density at radius 2 is 1.68 bits per heavy atom. The van der Waals surface area contributed by atoms with Crippen LogP contribution in [-0.4, -0.2) is 57.4 Å². The lowest BCUT2D eigenvalue weighted by Crippen LogP contribution is -2.57. The van der Waals surface area contributed by atoms with Gasteiger partial charge in [-0.2, -0.15) is 0 Å². The van der Waals surface area contributed by atoms with E-state index < -0.39 is 23.6 Å². The van der Waals surface area contributed by atoms with Gasteiger partial charge in [0.2, 0.25) is 17.7 Å². The first-order valence-corrected chi connectivity index (χ1v) is 13.5. The molecule has 0 spiro atoms. The third kappa shape index (κ3) is 6.76. The first kappa shape index (κ1) is 28.8. The Balaban J connectivity index is 1.85. The van der Waals surface area contributed by atoms with Crippen LogP contribution in [0, 0.1) is 17.8 Å². The molecule has 1 saturated heterocycles. The van der Waals surface area contributed by atoms with Gasteiger partial charge in [-0.1, -0.05) is 65.8 Å². The predicted octanol–water partition coefficient (Wildman–Crippen LogP) is 3.83. The summed E-state index contributed by atoms with van der Waals surface area (Å²) in [4.78, 5) is 45.8. The lowest BCUT2D eigenvalue weighted by atomic mass is 9.82. The van der Waals surface area contributed by atoms with Gasteiger partial charge in [-0.3, -0.25) is 14.4 Å². The van der Waals surface area contributed by atoms with E-state index in [-0.39, 0.29) is 42.1 Å². The number of aromatic nitrogens is 1. The van der Waals surface area contributed by atoms with Crippen LogP contribution < -0.4 is 10.6 Å². The minimum Gasteiger partial charge on any atom is -0.391 e. The van der Waals surface area contributed by atoms with Crippen LogP contribution in [0.2, 0.25) is 0 Å². The van der Waals surface area contributed by atoms with E-state index in [0.29, 0.717) is 0 Å². The van der Waals surface area contributed by atoms with E-state index in [4.69, 9.17) is 0 Å². The minimum absolute atomic E-state index is 0.0478. The Labute approximate surface area is 223 Å². The molecule has 2 heterocycles. The van der Waals surface area contributed by atoms with Crippen LogP contribution in [0.4, 0.5) is 0 Å². The SMILES string of the molecule is CC(=O)N[C@H](C(=O)N1C[C@H](O)C[C@H]1C(=O)N[C@H](c1ccc(-c2scnc2C)cc1)C(C)(C)C)C(C)(C)C. The second-order valence-corrected chi connectivity index (χ2v) is 12.9. The van der Waals surface area contributed by atoms with E-state index in [2.05, 4.69) is 36.4 Å². The van der Waals surface area contributed by atoms with E-state index in [1.54, 1.807) is 11.3 Å². The standard InChI is InChI=1S/C28H40N4O4S/c1-16-22(37-15-29-16)18-9-11-19(12-10-18)23(27(3,4)5)31-25(35)21-13-20(34)14-32(21)26(36)24(28(6,7)8)30-17(2)33/h9-12,15,20-21,23-24,34H,13-14H2,1-8H3,(H,30,33)(H,31,35)/t20-,21+,23-,24-/m1/s1. The van der Waals surface area contributed by atoms with Crippen molar-refractivity contribution in [3.8, 4) is 10.4 Å². The summed E-state index contributed by atoms with van der Waals surface area (Å²) >= 11 is 1.59. The fraction of sp³-hybridized carbons (Fsp3) is 0.571. The van der Waals surface area contributed by atoms with E-state index in [1.807, 2.05) is 57.5 Å². The van der Waals surface area contributed by atoms with Crippen molar-refractivity contribution in [3.63, 3.8) is 0 Å². The predicted molar refractivity (Wildman–Crippen MR) is 146 cm³/mol. The van der Waals surface area contributed by atoms with Crippen LogP contribution in [0.1, 0.15) is 72.2 Å². The smallest absolute Gasteiger partial charge is 0.246 e. The molecule has 0 aliphatic carbocycles. The summed E-state index contributed by atoms with van der Waals surface area (Å²) in [5.74, 6) is -1.00. The second kappa shape index (κ2) is 10.9. The summed E-state index contributed by atoms with van der Waals surface area (Å²) in [5, 5.41) is 16.3. The van der Waals surface area contributed by atoms with E-state index >= 15 is 0 Å². The van der Waals surface area contributed by atoms with Crippen molar-refractivity contribution in [1.29, 1.82) is 0 Å². The molecule has 1 aromatic carbocycles. The Morgan fingerprint density at radius 3 is 2.16 bits per heavy atom. The molecule has 0 bridgehead atoms. The molecule has 3 N–H and O–H groups in total. The zero-order valence-corrected chi connectivity index (χ0v) is 23.9. The third-order valence-corrected chi connectivity index (χ3v) is 7.71. The summed E-state index contributed by atoms with van der Waals surface area (Å²) < 4.78 is 0. The monoisotopic (exact) mass is 528 g/mol. The number of likely N-dealkylation sites (tertiary alicyclic amines) is 1. The van der Waals surface area contributed by atoms with Crippen LogP contribution in [-0.2, 0) is 14.4 Å². The largest absolute Gasteiger partial charge is 0.391 e. The third-order valence-electron chi connectivity index (χ3n) is 6.73. The maximum atomic E-state index is 13.6. The van der Waals surface area contributed by atoms with Gasteiger partial charge >= 0.3 is 0 Å². The number of nitrogens with zero attached hydrogens (tertiary/aromatic N) is 2. The summed E-state index contributed by atoms with van der Waals surface area (Å²) in [6.45, 7) is 15.1. The van der Waals surface area contributed by atoms with Gasteiger partial charge in [0, 0.05) is 19.9 Å². The maximum absolute atomic E-state index is 13.6. The first-order chi connectivity index (χ1) is 17.1. The van der Waals surface area contributed by atoms with E-state index in [0.717, 1.165) is 21.7 Å². The molecule has 0 unspecified atom stereocenters. The molecular formula is C28H40N4O4S. The summed E-state index contributed by atoms with van der Waals surface area (Å²) in [7, 11) is 0. The van der Waals surface area contributed by atoms with Crippen LogP contribution in [0.5, 0.6) is 0 Å². The first-order valence-electron chi connectivity index (χ1n) is 12.7. The number of aryl methyl sites for hydroxylation is 1. The van der Waals surface area contributed by atoms with Gasteiger partial charge in [0.15, 0.2) is 0 Å². The van der Waals surface area contributed by atoms with Crippen molar-refractivity contribution in [3.05, 3.63) is 41.0 Å². The van der Waals surface area contributed by atoms with Gasteiger partial charge in [-0.15, -0.1) is 11.3 Å². The number of carbonyl (C=O) groups is 3. The number of nitrogens with one attached hydrogen (secondary N) is 2. The molecule has 3 amide bonds. The van der Waals surface area contributed by atoms with Crippen molar-refractivity contribution < 1.29 is 19.5 Å². The fourth-order valence-electron chi connectivity index (χ4n) is 4.77. The van der Waals surface area contributed by atoms with E-state index in [9.17, 15) is 19.5 Å². The topological polar surface area (TPSA) is 112 Å². The number of β-amino-alcohol motifs (C(OH)–C–C–N with tert-alkyl or cyclic N) is 1. The van der Waals surface area contributed by atoms with Gasteiger partial charge in [0.25, 0.3) is 0 Å². The number of benzene rings is 1. The average Bonchev–Trinajstić information content (AvgIpc) is 3.39. The van der Waals surface area contributed by atoms with Crippen LogP contribution >= 0.6 is 11.3 Å². The molecule has 0 radical (unpaired) electrons. The van der Waals surface area contributed by atoms with Gasteiger partial charge in [0.05, 0.1) is 28.2 Å². The van der Waals surface area contributed by atoms with Crippen molar-refractivity contribution >= 4 is 29.1 Å². The summed E-state index contributed by atoms with van der Waals surface area (Å²) in [5.41, 5.74) is 3.96. The average molecular weight is 529 g/mol. The highest BCUT2D eigenvalue weighted by Crippen LogP contribution is 2.36. The Kier molecular flexibility index (Phi) is 8.49. The number of amides is 3. The fourth-order valence-corrected chi connectivity index (χ4v) is 5.58. The number of hydrogen-bond donors (Lipinski definition) is 3. The van der Waals surface area contributed by atoms with E-state index in [1.165, 1.54) is 11.8 Å². The molecule has 3 rings (SSSR count). The van der Waals surface area contributed by atoms with Crippen molar-refractivity contribution in [2.24, 2.45) is 10.8 Å². The van der Waals surface area contributed by atoms with Gasteiger partial charge in [0.1, 0.15) is 12.1 Å². The second-order valence-electron chi connectivity index (χ2n) is 12.1. The molecule has 1 aliphatic heterocycles. The number of rotatable bonds is 6. The normalized spacial score (nSPS) is 19.9. The molecule has 9 heteroatoms. The number of aliphatic hydroxyl groups excluding tert-OH is 1. The molecule has 1 aliphatic rings. The molecule has 4 atom stereocenters. The Bertz CT molecular complexity index is 1130. The molecule has 2 aromatic rings. The zero-order chi connectivity index (χ0) is 27.7. The van der Waals surface area contributed by atoms with Gasteiger partial charge in [-0.25, -0.2) is 4.98 Å². The van der Waals surface area contributed by atoms with Crippen LogP contribution in [0.3, 0.4) is 0 Å². The van der Waals surface area contributed by atoms with Crippen LogP contribution in [0.25, 0.3) is 10.4 Å². The Hall–Kier alpha value is -2.78. The number of aliphatic hydroxyl groups is 1. The van der Waals surface area contributed by atoms with Crippen molar-refractivity contribution in [2.75, 3.05) is 6.54 Å². The lowest BCUT2D eigenvalue weighted by Gasteiger charge is -2.37. The number of hydrogen-bond acceptors (Lipinski definition) is 6. The molecular weight excluding hydrogens is 488 g/mol. The highest BCUT2D eigenvalue weighted by Gasteiger charge is 2.45. The van der Waals surface area contributed by atoms with Crippen LogP contribution in [0.15, 0.2) is 29.8 Å². The van der Waals surface area contributed by atoms with Gasteiger partial charge < -0.3 is 20.6 Å². The number of carbonyl (C=O) groups excluding carboxylic acids is 3.